The Morgan fingerprint density at radius 2 is 2.00 bits per heavy atom. The lowest BCUT2D eigenvalue weighted by molar-refractivity contribution is -0.146. The molecule has 20 heavy (non-hydrogen) atoms. The van der Waals surface area contributed by atoms with Crippen molar-refractivity contribution in [2.75, 3.05) is 13.6 Å². The van der Waals surface area contributed by atoms with Gasteiger partial charge in [-0.1, -0.05) is 36.6 Å². The van der Waals surface area contributed by atoms with Crippen molar-refractivity contribution in [2.45, 2.75) is 31.1 Å². The number of amides is 1. The van der Waals surface area contributed by atoms with Gasteiger partial charge in [0, 0.05) is 12.1 Å². The number of nitrogens with zero attached hydrogens (tertiary/aromatic N) is 1. The Morgan fingerprint density at radius 1 is 1.35 bits per heavy atom. The number of likely N-dealkylation sites (N-methyl/N-ethyl adjacent to an activating group) is 1. The molecule has 0 spiro atoms. The van der Waals surface area contributed by atoms with Gasteiger partial charge >= 0.3 is 5.97 Å². The molecule has 0 aliphatic heterocycles. The van der Waals surface area contributed by atoms with Gasteiger partial charge in [0.2, 0.25) is 5.91 Å². The van der Waals surface area contributed by atoms with E-state index in [-0.39, 0.29) is 12.5 Å². The summed E-state index contributed by atoms with van der Waals surface area (Å²) < 4.78 is 0. The molecule has 1 aromatic carbocycles. The molecule has 0 heterocycles. The van der Waals surface area contributed by atoms with Crippen molar-refractivity contribution in [2.24, 2.45) is 0 Å². The number of carbonyl (C=O) groups is 2. The van der Waals surface area contributed by atoms with E-state index >= 15 is 0 Å². The van der Waals surface area contributed by atoms with Crippen LogP contribution < -0.4 is 0 Å². The van der Waals surface area contributed by atoms with Gasteiger partial charge in [0.05, 0.1) is 5.41 Å². The maximum Gasteiger partial charge on any atom is 0.323 e. The summed E-state index contributed by atoms with van der Waals surface area (Å²) in [4.78, 5) is 24.8. The van der Waals surface area contributed by atoms with E-state index in [1.165, 1.54) is 4.90 Å². The van der Waals surface area contributed by atoms with Gasteiger partial charge in [0.1, 0.15) is 6.54 Å². The fourth-order valence-corrected chi connectivity index (χ4v) is 3.22. The highest BCUT2D eigenvalue weighted by Gasteiger charge is 2.44. The van der Waals surface area contributed by atoms with Gasteiger partial charge < -0.3 is 10.0 Å². The Labute approximate surface area is 123 Å². The number of hydrogen-bond acceptors (Lipinski definition) is 2. The average Bonchev–Trinajstić information content (AvgIpc) is 2.87. The molecule has 1 amide bonds. The highest BCUT2D eigenvalue weighted by molar-refractivity contribution is 6.30. The van der Waals surface area contributed by atoms with Crippen LogP contribution in [-0.2, 0) is 15.0 Å². The summed E-state index contributed by atoms with van der Waals surface area (Å²) in [6, 6.07) is 7.34. The van der Waals surface area contributed by atoms with Crippen LogP contribution in [-0.4, -0.2) is 35.5 Å². The van der Waals surface area contributed by atoms with E-state index in [1.807, 2.05) is 18.2 Å². The van der Waals surface area contributed by atoms with E-state index in [0.29, 0.717) is 5.02 Å². The third-order valence-electron chi connectivity index (χ3n) is 3.96. The van der Waals surface area contributed by atoms with Gasteiger partial charge in [-0.05, 0) is 30.5 Å². The molecule has 0 radical (unpaired) electrons. The first kappa shape index (κ1) is 14.9. The number of halogens is 1. The number of hydrogen-bond donors (Lipinski definition) is 1. The molecule has 1 fully saturated rings. The summed E-state index contributed by atoms with van der Waals surface area (Å²) in [5.41, 5.74) is 0.277. The molecule has 0 unspecified atom stereocenters. The molecule has 1 saturated carbocycles. The van der Waals surface area contributed by atoms with Gasteiger partial charge in [-0.3, -0.25) is 9.59 Å². The smallest absolute Gasteiger partial charge is 0.323 e. The quantitative estimate of drug-likeness (QED) is 0.929. The molecule has 1 aromatic rings. The van der Waals surface area contributed by atoms with E-state index in [9.17, 15) is 9.59 Å². The predicted octanol–water partition coefficient (Wildman–Crippen LogP) is 2.69. The minimum Gasteiger partial charge on any atom is -0.480 e. The summed E-state index contributed by atoms with van der Waals surface area (Å²) in [6.07, 6.45) is 3.44. The number of carboxylic acids is 1. The number of benzene rings is 1. The highest BCUT2D eigenvalue weighted by Crippen LogP contribution is 2.43. The van der Waals surface area contributed by atoms with Crippen LogP contribution in [0.25, 0.3) is 0 Å². The zero-order chi connectivity index (χ0) is 14.8. The second kappa shape index (κ2) is 5.83. The maximum atomic E-state index is 12.7. The fraction of sp³-hybridized carbons (Fsp3) is 0.467. The van der Waals surface area contributed by atoms with Crippen LogP contribution in [0.4, 0.5) is 0 Å². The molecular weight excluding hydrogens is 278 g/mol. The van der Waals surface area contributed by atoms with Gasteiger partial charge in [-0.2, -0.15) is 0 Å². The summed E-state index contributed by atoms with van der Waals surface area (Å²) in [7, 11) is 1.54. The zero-order valence-corrected chi connectivity index (χ0v) is 12.2. The molecule has 5 heteroatoms. The lowest BCUT2D eigenvalue weighted by Gasteiger charge is -2.32. The zero-order valence-electron chi connectivity index (χ0n) is 11.4. The lowest BCUT2D eigenvalue weighted by Crippen LogP contribution is -2.45. The van der Waals surface area contributed by atoms with E-state index in [2.05, 4.69) is 0 Å². The van der Waals surface area contributed by atoms with Crippen LogP contribution >= 0.6 is 11.6 Å². The third-order valence-corrected chi connectivity index (χ3v) is 4.20. The van der Waals surface area contributed by atoms with E-state index in [0.717, 1.165) is 31.2 Å². The van der Waals surface area contributed by atoms with E-state index in [4.69, 9.17) is 16.7 Å². The Balaban J connectivity index is 2.35. The second-order valence-electron chi connectivity index (χ2n) is 5.35. The van der Waals surface area contributed by atoms with Crippen LogP contribution in [0.5, 0.6) is 0 Å². The standard InChI is InChI=1S/C15H18ClNO3/c1-17(10-13(18)19)14(20)15(7-2-3-8-15)11-5-4-6-12(16)9-11/h4-6,9H,2-3,7-8,10H2,1H3,(H,18,19). The Bertz CT molecular complexity index is 524. The Morgan fingerprint density at radius 3 is 2.55 bits per heavy atom. The van der Waals surface area contributed by atoms with Crippen molar-refractivity contribution in [3.63, 3.8) is 0 Å². The van der Waals surface area contributed by atoms with Crippen molar-refractivity contribution >= 4 is 23.5 Å². The first-order valence-electron chi connectivity index (χ1n) is 6.69. The molecular formula is C15H18ClNO3. The average molecular weight is 296 g/mol. The summed E-state index contributed by atoms with van der Waals surface area (Å²) in [5.74, 6) is -1.13. The Kier molecular flexibility index (Phi) is 4.33. The lowest BCUT2D eigenvalue weighted by atomic mass is 9.77. The second-order valence-corrected chi connectivity index (χ2v) is 5.79. The van der Waals surface area contributed by atoms with Gasteiger partial charge in [-0.15, -0.1) is 0 Å². The van der Waals surface area contributed by atoms with Crippen LogP contribution in [0.15, 0.2) is 24.3 Å². The number of carbonyl (C=O) groups excluding carboxylic acids is 1. The predicted molar refractivity (Wildman–Crippen MR) is 76.9 cm³/mol. The molecule has 1 N–H and O–H groups in total. The van der Waals surface area contributed by atoms with Gasteiger partial charge in [-0.25, -0.2) is 0 Å². The van der Waals surface area contributed by atoms with Crippen LogP contribution in [0, 0.1) is 0 Å². The molecule has 0 atom stereocenters. The topological polar surface area (TPSA) is 57.6 Å². The van der Waals surface area contributed by atoms with Gasteiger partial charge in [0.25, 0.3) is 0 Å². The number of rotatable bonds is 4. The monoisotopic (exact) mass is 295 g/mol. The van der Waals surface area contributed by atoms with Crippen molar-refractivity contribution < 1.29 is 14.7 Å². The van der Waals surface area contributed by atoms with Crippen molar-refractivity contribution in [1.82, 2.24) is 4.90 Å². The molecule has 2 rings (SSSR count). The largest absolute Gasteiger partial charge is 0.480 e. The summed E-state index contributed by atoms with van der Waals surface area (Å²) in [6.45, 7) is -0.277. The third kappa shape index (κ3) is 2.80. The molecule has 4 nitrogen and oxygen atoms in total. The number of aliphatic carboxylic acids is 1. The molecule has 0 saturated heterocycles. The SMILES string of the molecule is CN(CC(=O)O)C(=O)C1(c2cccc(Cl)c2)CCCC1. The van der Waals surface area contributed by atoms with Crippen LogP contribution in [0.3, 0.4) is 0 Å². The first-order valence-corrected chi connectivity index (χ1v) is 7.07. The molecule has 0 bridgehead atoms. The molecule has 108 valence electrons. The maximum absolute atomic E-state index is 12.7. The molecule has 1 aliphatic carbocycles. The van der Waals surface area contributed by atoms with Crippen LogP contribution in [0.1, 0.15) is 31.2 Å². The Hall–Kier alpha value is -1.55. The minimum absolute atomic E-state index is 0.125. The summed E-state index contributed by atoms with van der Waals surface area (Å²) in [5, 5.41) is 9.46. The van der Waals surface area contributed by atoms with Crippen molar-refractivity contribution in [3.8, 4) is 0 Å². The highest BCUT2D eigenvalue weighted by atomic mass is 35.5. The van der Waals surface area contributed by atoms with E-state index in [1.54, 1.807) is 13.1 Å². The normalized spacial score (nSPS) is 16.9. The first-order chi connectivity index (χ1) is 9.45. The van der Waals surface area contributed by atoms with Crippen molar-refractivity contribution in [3.05, 3.63) is 34.9 Å². The molecule has 1 aliphatic rings. The molecule has 0 aromatic heterocycles. The van der Waals surface area contributed by atoms with Crippen molar-refractivity contribution in [1.29, 1.82) is 0 Å². The van der Waals surface area contributed by atoms with Gasteiger partial charge in [0.15, 0.2) is 0 Å². The fourth-order valence-electron chi connectivity index (χ4n) is 3.03. The summed E-state index contributed by atoms with van der Waals surface area (Å²) >= 11 is 6.03. The number of carboxylic acid groups (broad SMARTS) is 1. The van der Waals surface area contributed by atoms with Crippen LogP contribution in [0.2, 0.25) is 5.02 Å². The minimum atomic E-state index is -1.000. The van der Waals surface area contributed by atoms with E-state index < -0.39 is 11.4 Å².